The maximum absolute atomic E-state index is 12.3. The number of carbonyl (C=O) groups is 4. The van der Waals surface area contributed by atoms with Gasteiger partial charge >= 0.3 is 36.8 Å². The monoisotopic (exact) mass is 384 g/mol. The molecular formula is C19H21LiO8. The Morgan fingerprint density at radius 3 is 2.21 bits per heavy atom. The molecule has 0 saturated carbocycles. The van der Waals surface area contributed by atoms with Crippen molar-refractivity contribution in [3.05, 3.63) is 47.0 Å². The van der Waals surface area contributed by atoms with Crippen molar-refractivity contribution in [1.82, 2.24) is 0 Å². The molecule has 0 saturated heterocycles. The minimum absolute atomic E-state index is 0. The van der Waals surface area contributed by atoms with Crippen LogP contribution < -0.4 is 24.0 Å². The van der Waals surface area contributed by atoms with E-state index < -0.39 is 23.9 Å². The largest absolute Gasteiger partial charge is 1.00 e. The zero-order chi connectivity index (χ0) is 20.6. The minimum Gasteiger partial charge on any atom is -0.545 e. The molecule has 28 heavy (non-hydrogen) atoms. The molecule has 0 heterocycles. The third kappa shape index (κ3) is 7.59. The molecule has 146 valence electrons. The van der Waals surface area contributed by atoms with Crippen molar-refractivity contribution in [3.8, 4) is 0 Å². The van der Waals surface area contributed by atoms with Gasteiger partial charge in [0.05, 0.1) is 23.2 Å². The number of hydrogen-bond acceptors (Lipinski definition) is 8. The van der Waals surface area contributed by atoms with Gasteiger partial charge in [0.1, 0.15) is 13.2 Å². The summed E-state index contributed by atoms with van der Waals surface area (Å²) in [7, 11) is 0. The molecule has 1 atom stereocenters. The second kappa shape index (κ2) is 12.0. The van der Waals surface area contributed by atoms with Gasteiger partial charge in [0.25, 0.3) is 0 Å². The third-order valence-electron chi connectivity index (χ3n) is 3.48. The van der Waals surface area contributed by atoms with Gasteiger partial charge in [-0.25, -0.2) is 14.4 Å². The van der Waals surface area contributed by atoms with E-state index >= 15 is 0 Å². The number of hydrogen-bond donors (Lipinski definition) is 0. The fraction of sp³-hybridized carbons (Fsp3) is 0.368. The SMILES string of the molecule is C=C(C)C(=O)OCCOC(=O)c1cc(C(=O)[O-])ccc1C(=O)OC(C)CC.[Li+]. The van der Waals surface area contributed by atoms with Gasteiger partial charge in [-0.3, -0.25) is 0 Å². The molecule has 0 amide bonds. The van der Waals surface area contributed by atoms with E-state index in [1.165, 1.54) is 6.92 Å². The fourth-order valence-electron chi connectivity index (χ4n) is 1.82. The zero-order valence-corrected chi connectivity index (χ0v) is 16.4. The molecule has 8 nitrogen and oxygen atoms in total. The first kappa shape index (κ1) is 25.4. The van der Waals surface area contributed by atoms with Gasteiger partial charge in [0.15, 0.2) is 0 Å². The summed E-state index contributed by atoms with van der Waals surface area (Å²) in [5, 5.41) is 11.0. The number of aromatic carboxylic acids is 1. The Morgan fingerprint density at radius 1 is 1.07 bits per heavy atom. The third-order valence-corrected chi connectivity index (χ3v) is 3.48. The molecule has 1 aromatic carbocycles. The van der Waals surface area contributed by atoms with Crippen molar-refractivity contribution in [3.63, 3.8) is 0 Å². The average Bonchev–Trinajstić information content (AvgIpc) is 2.63. The van der Waals surface area contributed by atoms with Crippen molar-refractivity contribution in [2.24, 2.45) is 0 Å². The Hall–Kier alpha value is -2.56. The van der Waals surface area contributed by atoms with Crippen LogP contribution >= 0.6 is 0 Å². The molecule has 1 rings (SSSR count). The first-order chi connectivity index (χ1) is 12.7. The molecule has 0 fully saturated rings. The van der Waals surface area contributed by atoms with E-state index in [1.54, 1.807) is 6.92 Å². The van der Waals surface area contributed by atoms with Crippen LogP contribution in [-0.4, -0.2) is 43.2 Å². The van der Waals surface area contributed by atoms with Crippen molar-refractivity contribution in [2.75, 3.05) is 13.2 Å². The molecule has 0 aromatic heterocycles. The molecule has 0 aliphatic carbocycles. The topological polar surface area (TPSA) is 119 Å². The van der Waals surface area contributed by atoms with Crippen LogP contribution in [-0.2, 0) is 19.0 Å². The molecule has 0 aliphatic rings. The first-order valence-electron chi connectivity index (χ1n) is 8.23. The van der Waals surface area contributed by atoms with E-state index in [9.17, 15) is 24.3 Å². The fourth-order valence-corrected chi connectivity index (χ4v) is 1.82. The Bertz CT molecular complexity index is 756. The van der Waals surface area contributed by atoms with Crippen LogP contribution in [0.4, 0.5) is 0 Å². The van der Waals surface area contributed by atoms with Gasteiger partial charge in [0.2, 0.25) is 0 Å². The summed E-state index contributed by atoms with van der Waals surface area (Å²) in [6, 6.07) is 3.27. The number of carboxylic acid groups (broad SMARTS) is 1. The number of carboxylic acids is 1. The summed E-state index contributed by atoms with van der Waals surface area (Å²) in [4.78, 5) is 46.8. The van der Waals surface area contributed by atoms with Crippen LogP contribution in [0.2, 0.25) is 0 Å². The molecule has 0 radical (unpaired) electrons. The summed E-state index contributed by atoms with van der Waals surface area (Å²) < 4.78 is 14.9. The molecule has 1 aromatic rings. The van der Waals surface area contributed by atoms with E-state index in [-0.39, 0.29) is 60.4 Å². The first-order valence-corrected chi connectivity index (χ1v) is 8.23. The second-order valence-corrected chi connectivity index (χ2v) is 5.72. The van der Waals surface area contributed by atoms with Crippen molar-refractivity contribution in [2.45, 2.75) is 33.3 Å². The standard InChI is InChI=1S/C19H22O8.Li/c1-5-12(4)27-19(24)14-7-6-13(16(20)21)10-15(14)18(23)26-9-8-25-17(22)11(2)3;/h6-7,10,12H,2,5,8-9H2,1,3-4H3,(H,20,21);/q;+1/p-1. The summed E-state index contributed by atoms with van der Waals surface area (Å²) >= 11 is 0. The summed E-state index contributed by atoms with van der Waals surface area (Å²) in [5.74, 6) is -3.89. The number of esters is 3. The van der Waals surface area contributed by atoms with Gasteiger partial charge in [0, 0.05) is 5.57 Å². The molecule has 0 bridgehead atoms. The molecule has 0 spiro atoms. The summed E-state index contributed by atoms with van der Waals surface area (Å²) in [6.07, 6.45) is 0.181. The smallest absolute Gasteiger partial charge is 0.545 e. The van der Waals surface area contributed by atoms with E-state index in [2.05, 4.69) is 6.58 Å². The Balaban J connectivity index is 0.00000729. The van der Waals surface area contributed by atoms with Gasteiger partial charge in [-0.15, -0.1) is 0 Å². The van der Waals surface area contributed by atoms with E-state index in [4.69, 9.17) is 14.2 Å². The van der Waals surface area contributed by atoms with Crippen molar-refractivity contribution >= 4 is 23.9 Å². The Morgan fingerprint density at radius 2 is 1.68 bits per heavy atom. The Kier molecular flexibility index (Phi) is 10.9. The predicted molar refractivity (Wildman–Crippen MR) is 92.0 cm³/mol. The van der Waals surface area contributed by atoms with Gasteiger partial charge in [-0.05, 0) is 38.0 Å². The molecule has 0 N–H and O–H groups in total. The van der Waals surface area contributed by atoms with E-state index in [0.717, 1.165) is 18.2 Å². The maximum Gasteiger partial charge on any atom is 1.00 e. The summed E-state index contributed by atoms with van der Waals surface area (Å²) in [6.45, 7) is 7.87. The van der Waals surface area contributed by atoms with E-state index in [1.807, 2.05) is 6.92 Å². The number of ether oxygens (including phenoxy) is 3. The van der Waals surface area contributed by atoms with Crippen molar-refractivity contribution < 1.29 is 57.4 Å². The van der Waals surface area contributed by atoms with Crippen LogP contribution in [0.25, 0.3) is 0 Å². The predicted octanol–water partition coefficient (Wildman–Crippen LogP) is -1.71. The second-order valence-electron chi connectivity index (χ2n) is 5.72. The maximum atomic E-state index is 12.3. The molecular weight excluding hydrogens is 363 g/mol. The Labute approximate surface area is 175 Å². The number of carbonyl (C=O) groups excluding carboxylic acids is 4. The zero-order valence-electron chi connectivity index (χ0n) is 16.4. The van der Waals surface area contributed by atoms with Crippen LogP contribution in [0.3, 0.4) is 0 Å². The van der Waals surface area contributed by atoms with Gasteiger partial charge < -0.3 is 24.1 Å². The minimum atomic E-state index is -1.51. The quantitative estimate of drug-likeness (QED) is 0.162. The molecule has 9 heteroatoms. The van der Waals surface area contributed by atoms with Crippen LogP contribution in [0.1, 0.15) is 58.3 Å². The van der Waals surface area contributed by atoms with Crippen LogP contribution in [0, 0.1) is 0 Å². The number of rotatable bonds is 9. The van der Waals surface area contributed by atoms with Crippen LogP contribution in [0.15, 0.2) is 30.4 Å². The van der Waals surface area contributed by atoms with Crippen LogP contribution in [0.5, 0.6) is 0 Å². The summed E-state index contributed by atoms with van der Waals surface area (Å²) in [5.41, 5.74) is -0.519. The van der Waals surface area contributed by atoms with Gasteiger partial charge in [-0.1, -0.05) is 19.6 Å². The van der Waals surface area contributed by atoms with E-state index in [0.29, 0.717) is 6.42 Å². The van der Waals surface area contributed by atoms with Crippen molar-refractivity contribution in [1.29, 1.82) is 0 Å². The molecule has 1 unspecified atom stereocenters. The average molecular weight is 384 g/mol. The number of benzene rings is 1. The normalized spacial score (nSPS) is 10.8. The molecule has 0 aliphatic heterocycles. The van der Waals surface area contributed by atoms with Gasteiger partial charge in [-0.2, -0.15) is 0 Å².